The largest absolute Gasteiger partial charge is 0.337 e. The van der Waals surface area contributed by atoms with Crippen LogP contribution in [-0.4, -0.2) is 47.3 Å². The maximum Gasteiger partial charge on any atom is 0.254 e. The van der Waals surface area contributed by atoms with E-state index in [1.807, 2.05) is 31.2 Å². The van der Waals surface area contributed by atoms with Crippen molar-refractivity contribution in [2.45, 2.75) is 37.8 Å². The molecule has 2 aromatic carbocycles. The van der Waals surface area contributed by atoms with Crippen molar-refractivity contribution in [3.63, 3.8) is 0 Å². The summed E-state index contributed by atoms with van der Waals surface area (Å²) in [4.78, 5) is 18.6. The number of hydrogen-bond donors (Lipinski definition) is 0. The third kappa shape index (κ3) is 4.38. The van der Waals surface area contributed by atoms with Crippen LogP contribution in [0, 0.1) is 0 Å². The summed E-state index contributed by atoms with van der Waals surface area (Å²) in [5, 5.41) is 3.83. The third-order valence-corrected chi connectivity index (χ3v) is 7.20. The average Bonchev–Trinajstić information content (AvgIpc) is 3.25. The molecule has 0 atom stereocenters. The highest BCUT2D eigenvalue weighted by atomic mass is 32.2. The number of sulfonamides is 1. The summed E-state index contributed by atoms with van der Waals surface area (Å²) in [7, 11) is -2.11. The number of carbonyl (C=O) groups excluding carboxylic acids is 1. The molecule has 0 fully saturated rings. The van der Waals surface area contributed by atoms with Gasteiger partial charge in [-0.15, -0.1) is 0 Å². The highest BCUT2D eigenvalue weighted by molar-refractivity contribution is 7.89. The first-order valence-corrected chi connectivity index (χ1v) is 11.6. The van der Waals surface area contributed by atoms with Gasteiger partial charge in [-0.2, -0.15) is 9.29 Å². The summed E-state index contributed by atoms with van der Waals surface area (Å²) < 4.78 is 33.1. The molecule has 0 bridgehead atoms. The van der Waals surface area contributed by atoms with E-state index in [2.05, 4.69) is 10.1 Å². The first-order valence-electron chi connectivity index (χ1n) is 10.1. The topological polar surface area (TPSA) is 96.6 Å². The van der Waals surface area contributed by atoms with Crippen molar-refractivity contribution in [3.8, 4) is 0 Å². The van der Waals surface area contributed by atoms with Gasteiger partial charge in [0.15, 0.2) is 5.82 Å². The Morgan fingerprint density at radius 3 is 2.68 bits per heavy atom. The van der Waals surface area contributed by atoms with Crippen LogP contribution in [0.25, 0.3) is 0 Å². The van der Waals surface area contributed by atoms with Gasteiger partial charge in [0.1, 0.15) is 0 Å². The molecule has 1 aromatic heterocycles. The Labute approximate surface area is 181 Å². The molecule has 2 heterocycles. The minimum absolute atomic E-state index is 0.109. The van der Waals surface area contributed by atoms with E-state index in [0.29, 0.717) is 37.6 Å². The van der Waals surface area contributed by atoms with Crippen LogP contribution in [0.15, 0.2) is 57.9 Å². The molecular weight excluding hydrogens is 416 g/mol. The van der Waals surface area contributed by atoms with E-state index in [9.17, 15) is 13.2 Å². The van der Waals surface area contributed by atoms with Gasteiger partial charge in [0.05, 0.1) is 11.4 Å². The monoisotopic (exact) mass is 440 g/mol. The lowest BCUT2D eigenvalue weighted by Crippen LogP contribution is -2.36. The zero-order chi connectivity index (χ0) is 22.0. The van der Waals surface area contributed by atoms with Crippen LogP contribution in [0.4, 0.5) is 0 Å². The molecule has 1 amide bonds. The number of aromatic nitrogens is 2. The van der Waals surface area contributed by atoms with E-state index in [1.54, 1.807) is 19.2 Å². The maximum atomic E-state index is 13.2. The van der Waals surface area contributed by atoms with Crippen LogP contribution in [0.5, 0.6) is 0 Å². The molecule has 0 unspecified atom stereocenters. The van der Waals surface area contributed by atoms with Crippen LogP contribution < -0.4 is 0 Å². The molecule has 4 rings (SSSR count). The van der Waals surface area contributed by atoms with E-state index >= 15 is 0 Å². The molecule has 162 valence electrons. The van der Waals surface area contributed by atoms with Gasteiger partial charge in [0.2, 0.25) is 15.9 Å². The first kappa shape index (κ1) is 21.2. The highest BCUT2D eigenvalue weighted by Gasteiger charge is 2.29. The van der Waals surface area contributed by atoms with Gasteiger partial charge in [-0.25, -0.2) is 8.42 Å². The molecule has 3 aromatic rings. The quantitative estimate of drug-likeness (QED) is 0.585. The minimum atomic E-state index is -3.72. The molecule has 0 spiro atoms. The Morgan fingerprint density at radius 2 is 1.94 bits per heavy atom. The molecule has 0 saturated heterocycles. The lowest BCUT2D eigenvalue weighted by molar-refractivity contribution is 0.0769. The van der Waals surface area contributed by atoms with Crippen LogP contribution >= 0.6 is 0 Å². The van der Waals surface area contributed by atoms with Gasteiger partial charge in [-0.05, 0) is 35.7 Å². The maximum absolute atomic E-state index is 13.2. The van der Waals surface area contributed by atoms with Gasteiger partial charge in [0, 0.05) is 32.1 Å². The summed E-state index contributed by atoms with van der Waals surface area (Å²) in [6, 6.07) is 14.0. The standard InChI is InChI=1S/C22H24N4O4S/c1-3-20-23-21(30-24-20)15-25(2)22(27)17-9-6-10-19(13-17)31(28,29)26-12-11-16-7-4-5-8-18(16)14-26/h4-10,13H,3,11-12,14-15H2,1-2H3. The number of fused-ring (bicyclic) bond motifs is 1. The molecule has 9 heteroatoms. The van der Waals surface area contributed by atoms with Crippen LogP contribution in [0.2, 0.25) is 0 Å². The lowest BCUT2D eigenvalue weighted by Gasteiger charge is -2.28. The Bertz CT molecular complexity index is 1210. The van der Waals surface area contributed by atoms with Gasteiger partial charge < -0.3 is 9.42 Å². The van der Waals surface area contributed by atoms with E-state index in [4.69, 9.17) is 4.52 Å². The molecule has 0 saturated carbocycles. The van der Waals surface area contributed by atoms with Crippen LogP contribution in [0.1, 0.15) is 40.1 Å². The van der Waals surface area contributed by atoms with Gasteiger partial charge in [0.25, 0.3) is 5.91 Å². The smallest absolute Gasteiger partial charge is 0.254 e. The Kier molecular flexibility index (Phi) is 5.88. The van der Waals surface area contributed by atoms with Gasteiger partial charge >= 0.3 is 0 Å². The highest BCUT2D eigenvalue weighted by Crippen LogP contribution is 2.25. The minimum Gasteiger partial charge on any atom is -0.337 e. The van der Waals surface area contributed by atoms with E-state index in [1.165, 1.54) is 26.9 Å². The van der Waals surface area contributed by atoms with Gasteiger partial charge in [-0.1, -0.05) is 42.4 Å². The zero-order valence-corrected chi connectivity index (χ0v) is 18.3. The molecule has 31 heavy (non-hydrogen) atoms. The average molecular weight is 441 g/mol. The van der Waals surface area contributed by atoms with E-state index in [0.717, 1.165) is 5.56 Å². The zero-order valence-electron chi connectivity index (χ0n) is 17.5. The molecule has 0 N–H and O–H groups in total. The molecule has 0 radical (unpaired) electrons. The summed E-state index contributed by atoms with van der Waals surface area (Å²) in [5.41, 5.74) is 2.47. The number of hydrogen-bond acceptors (Lipinski definition) is 6. The van der Waals surface area contributed by atoms with Crippen LogP contribution in [-0.2, 0) is 36.0 Å². The normalized spacial score (nSPS) is 14.3. The van der Waals surface area contributed by atoms with Crippen molar-refractivity contribution < 1.29 is 17.7 Å². The fourth-order valence-corrected chi connectivity index (χ4v) is 5.07. The summed E-state index contributed by atoms with van der Waals surface area (Å²) in [6.45, 7) is 2.80. The Morgan fingerprint density at radius 1 is 1.16 bits per heavy atom. The van der Waals surface area contributed by atoms with Crippen molar-refractivity contribution >= 4 is 15.9 Å². The lowest BCUT2D eigenvalue weighted by atomic mass is 10.0. The van der Waals surface area contributed by atoms with E-state index < -0.39 is 10.0 Å². The molecule has 8 nitrogen and oxygen atoms in total. The molecule has 1 aliphatic heterocycles. The second-order valence-electron chi connectivity index (χ2n) is 7.50. The summed E-state index contributed by atoms with van der Waals surface area (Å²) >= 11 is 0. The number of benzene rings is 2. The number of amides is 1. The van der Waals surface area contributed by atoms with Crippen molar-refractivity contribution in [2.75, 3.05) is 13.6 Å². The van der Waals surface area contributed by atoms with Crippen molar-refractivity contribution in [1.29, 1.82) is 0 Å². The fraction of sp³-hybridized carbons (Fsp3) is 0.318. The SMILES string of the molecule is CCc1noc(CN(C)C(=O)c2cccc(S(=O)(=O)N3CCc4ccccc4C3)c2)n1. The number of carbonyl (C=O) groups is 1. The fourth-order valence-electron chi connectivity index (χ4n) is 3.61. The molecular formula is C22H24N4O4S. The number of aryl methyl sites for hydroxylation is 1. The van der Waals surface area contributed by atoms with E-state index in [-0.39, 0.29) is 22.9 Å². The Balaban J connectivity index is 1.52. The van der Waals surface area contributed by atoms with Crippen molar-refractivity contribution in [2.24, 2.45) is 0 Å². The van der Waals surface area contributed by atoms with Crippen molar-refractivity contribution in [3.05, 3.63) is 76.9 Å². The second-order valence-corrected chi connectivity index (χ2v) is 9.44. The predicted molar refractivity (Wildman–Crippen MR) is 114 cm³/mol. The van der Waals surface area contributed by atoms with Gasteiger partial charge in [-0.3, -0.25) is 4.79 Å². The Hall–Kier alpha value is -3.04. The molecule has 1 aliphatic rings. The number of nitrogens with zero attached hydrogens (tertiary/aromatic N) is 4. The summed E-state index contributed by atoms with van der Waals surface area (Å²) in [5.74, 6) is 0.591. The predicted octanol–water partition coefficient (Wildman–Crippen LogP) is 2.65. The molecule has 0 aliphatic carbocycles. The first-order chi connectivity index (χ1) is 14.9. The number of rotatable bonds is 6. The van der Waals surface area contributed by atoms with Crippen LogP contribution in [0.3, 0.4) is 0 Å². The second kappa shape index (κ2) is 8.60. The summed E-state index contributed by atoms with van der Waals surface area (Å²) in [6.07, 6.45) is 1.31. The van der Waals surface area contributed by atoms with Crippen molar-refractivity contribution in [1.82, 2.24) is 19.3 Å². The third-order valence-electron chi connectivity index (χ3n) is 5.36.